The standard InChI is InChI=1S/C15H19N3O3/c1(4-18-5-2-16-3-6-18)12-11-9-14-15(20-8-7-19-14)10-13(11)21-17-12/h9-10,16H,1-8H2. The van der Waals surface area contributed by atoms with Gasteiger partial charge in [0.2, 0.25) is 0 Å². The zero-order valence-corrected chi connectivity index (χ0v) is 11.9. The molecule has 112 valence electrons. The number of nitrogens with zero attached hydrogens (tertiary/aromatic N) is 2. The lowest BCUT2D eigenvalue weighted by atomic mass is 10.1. The highest BCUT2D eigenvalue weighted by Crippen LogP contribution is 2.35. The van der Waals surface area contributed by atoms with Gasteiger partial charge >= 0.3 is 0 Å². The number of hydrogen-bond donors (Lipinski definition) is 1. The Morgan fingerprint density at radius 3 is 2.67 bits per heavy atom. The molecule has 0 radical (unpaired) electrons. The van der Waals surface area contributed by atoms with Crippen LogP contribution in [0.5, 0.6) is 11.5 Å². The first-order chi connectivity index (χ1) is 10.4. The number of ether oxygens (including phenoxy) is 2. The number of nitrogens with one attached hydrogen (secondary N) is 1. The Morgan fingerprint density at radius 2 is 1.86 bits per heavy atom. The van der Waals surface area contributed by atoms with Crippen LogP contribution < -0.4 is 14.8 Å². The first-order valence-corrected chi connectivity index (χ1v) is 7.51. The Hall–Kier alpha value is -1.79. The molecule has 2 aliphatic rings. The van der Waals surface area contributed by atoms with Crippen molar-refractivity contribution in [3.8, 4) is 11.5 Å². The molecular formula is C15H19N3O3. The normalized spacial score (nSPS) is 19.0. The second-order valence-corrected chi connectivity index (χ2v) is 5.46. The summed E-state index contributed by atoms with van der Waals surface area (Å²) in [5, 5.41) is 8.62. The van der Waals surface area contributed by atoms with Crippen LogP contribution in [0.4, 0.5) is 0 Å². The smallest absolute Gasteiger partial charge is 0.171 e. The van der Waals surface area contributed by atoms with E-state index in [1.54, 1.807) is 0 Å². The maximum Gasteiger partial charge on any atom is 0.171 e. The molecule has 0 amide bonds. The highest BCUT2D eigenvalue weighted by molar-refractivity contribution is 5.83. The number of rotatable bonds is 3. The molecule has 1 aromatic heterocycles. The SMILES string of the molecule is c1c2c(cc3c(CCN4CCNCC4)noc13)OCCO2. The molecule has 0 aliphatic carbocycles. The number of hydrogen-bond acceptors (Lipinski definition) is 6. The molecule has 1 fully saturated rings. The monoisotopic (exact) mass is 289 g/mol. The molecule has 6 nitrogen and oxygen atoms in total. The van der Waals surface area contributed by atoms with E-state index in [9.17, 15) is 0 Å². The Balaban J connectivity index is 1.54. The van der Waals surface area contributed by atoms with Crippen LogP contribution in [0.1, 0.15) is 5.69 Å². The van der Waals surface area contributed by atoms with Gasteiger partial charge in [-0.05, 0) is 6.07 Å². The van der Waals surface area contributed by atoms with Gasteiger partial charge < -0.3 is 24.2 Å². The fourth-order valence-electron chi connectivity index (χ4n) is 2.90. The van der Waals surface area contributed by atoms with Crippen molar-refractivity contribution in [1.82, 2.24) is 15.4 Å². The summed E-state index contributed by atoms with van der Waals surface area (Å²) in [6.07, 6.45) is 0.895. The second kappa shape index (κ2) is 5.54. The third-order valence-electron chi connectivity index (χ3n) is 4.08. The third kappa shape index (κ3) is 2.56. The molecule has 6 heteroatoms. The molecule has 0 bridgehead atoms. The first-order valence-electron chi connectivity index (χ1n) is 7.51. The van der Waals surface area contributed by atoms with Gasteiger partial charge in [0.05, 0.1) is 5.69 Å². The van der Waals surface area contributed by atoms with Crippen molar-refractivity contribution in [2.24, 2.45) is 0 Å². The van der Waals surface area contributed by atoms with E-state index in [1.807, 2.05) is 12.1 Å². The van der Waals surface area contributed by atoms with Crippen molar-refractivity contribution in [2.45, 2.75) is 6.42 Å². The molecule has 0 spiro atoms. The Labute approximate surface area is 123 Å². The van der Waals surface area contributed by atoms with Crippen molar-refractivity contribution in [2.75, 3.05) is 45.9 Å². The Kier molecular flexibility index (Phi) is 3.40. The molecule has 1 saturated heterocycles. The molecule has 0 atom stereocenters. The molecule has 2 aliphatic heterocycles. The molecule has 0 saturated carbocycles. The van der Waals surface area contributed by atoms with Crippen LogP contribution >= 0.6 is 0 Å². The third-order valence-corrected chi connectivity index (χ3v) is 4.08. The summed E-state index contributed by atoms with van der Waals surface area (Å²) in [6.45, 7) is 6.53. The molecule has 21 heavy (non-hydrogen) atoms. The van der Waals surface area contributed by atoms with Crippen LogP contribution in [-0.4, -0.2) is 56.0 Å². The van der Waals surface area contributed by atoms with Gasteiger partial charge in [-0.2, -0.15) is 0 Å². The van der Waals surface area contributed by atoms with Gasteiger partial charge in [0.25, 0.3) is 0 Å². The average molecular weight is 289 g/mol. The molecule has 1 aromatic carbocycles. The lowest BCUT2D eigenvalue weighted by Crippen LogP contribution is -2.44. The predicted molar refractivity (Wildman–Crippen MR) is 78.0 cm³/mol. The highest BCUT2D eigenvalue weighted by atomic mass is 16.6. The van der Waals surface area contributed by atoms with Gasteiger partial charge in [-0.25, -0.2) is 0 Å². The molecule has 1 N–H and O–H groups in total. The minimum Gasteiger partial charge on any atom is -0.486 e. The van der Waals surface area contributed by atoms with E-state index in [0.717, 1.165) is 67.3 Å². The summed E-state index contributed by atoms with van der Waals surface area (Å²) < 4.78 is 16.6. The predicted octanol–water partition coefficient (Wildman–Crippen LogP) is 1.05. The summed E-state index contributed by atoms with van der Waals surface area (Å²) in [5.74, 6) is 1.54. The Bertz CT molecular complexity index is 634. The fraction of sp³-hybridized carbons (Fsp3) is 0.533. The maximum atomic E-state index is 5.64. The summed E-state index contributed by atoms with van der Waals surface area (Å²) in [7, 11) is 0. The van der Waals surface area contributed by atoms with Crippen LogP contribution in [0.2, 0.25) is 0 Å². The van der Waals surface area contributed by atoms with E-state index >= 15 is 0 Å². The van der Waals surface area contributed by atoms with Crippen LogP contribution in [0.15, 0.2) is 16.7 Å². The number of aromatic nitrogens is 1. The minimum absolute atomic E-state index is 0.586. The van der Waals surface area contributed by atoms with Gasteiger partial charge in [0, 0.05) is 50.6 Å². The van der Waals surface area contributed by atoms with Gasteiger partial charge in [-0.15, -0.1) is 0 Å². The number of piperazine rings is 1. The topological polar surface area (TPSA) is 59.8 Å². The summed E-state index contributed by atoms with van der Waals surface area (Å²) in [5.41, 5.74) is 1.77. The largest absolute Gasteiger partial charge is 0.486 e. The fourth-order valence-corrected chi connectivity index (χ4v) is 2.90. The summed E-state index contributed by atoms with van der Waals surface area (Å²) >= 11 is 0. The number of benzene rings is 1. The first kappa shape index (κ1) is 12.9. The molecule has 3 heterocycles. The van der Waals surface area contributed by atoms with E-state index < -0.39 is 0 Å². The zero-order valence-electron chi connectivity index (χ0n) is 11.9. The quantitative estimate of drug-likeness (QED) is 0.911. The Morgan fingerprint density at radius 1 is 1.10 bits per heavy atom. The van der Waals surface area contributed by atoms with E-state index in [1.165, 1.54) is 0 Å². The van der Waals surface area contributed by atoms with Crippen LogP contribution in [0, 0.1) is 0 Å². The van der Waals surface area contributed by atoms with Crippen molar-refractivity contribution in [3.05, 3.63) is 17.8 Å². The summed E-state index contributed by atoms with van der Waals surface area (Å²) in [6, 6.07) is 3.87. The van der Waals surface area contributed by atoms with Crippen LogP contribution in [-0.2, 0) is 6.42 Å². The zero-order chi connectivity index (χ0) is 14.1. The second-order valence-electron chi connectivity index (χ2n) is 5.46. The van der Waals surface area contributed by atoms with Crippen molar-refractivity contribution in [3.63, 3.8) is 0 Å². The highest BCUT2D eigenvalue weighted by Gasteiger charge is 2.18. The van der Waals surface area contributed by atoms with E-state index in [4.69, 9.17) is 14.0 Å². The van der Waals surface area contributed by atoms with Crippen molar-refractivity contribution in [1.29, 1.82) is 0 Å². The average Bonchev–Trinajstić information content (AvgIpc) is 2.94. The van der Waals surface area contributed by atoms with Gasteiger partial charge in [-0.3, -0.25) is 0 Å². The lowest BCUT2D eigenvalue weighted by molar-refractivity contribution is 0.172. The van der Waals surface area contributed by atoms with E-state index in [2.05, 4.69) is 15.4 Å². The van der Waals surface area contributed by atoms with Crippen molar-refractivity contribution < 1.29 is 14.0 Å². The lowest BCUT2D eigenvalue weighted by Gasteiger charge is -2.26. The van der Waals surface area contributed by atoms with E-state index in [0.29, 0.717) is 13.2 Å². The van der Waals surface area contributed by atoms with Crippen LogP contribution in [0.25, 0.3) is 11.0 Å². The van der Waals surface area contributed by atoms with E-state index in [-0.39, 0.29) is 0 Å². The molecule has 0 unspecified atom stereocenters. The molecule has 4 rings (SSSR count). The molecule has 2 aromatic rings. The van der Waals surface area contributed by atoms with Gasteiger partial charge in [0.1, 0.15) is 13.2 Å². The van der Waals surface area contributed by atoms with Gasteiger partial charge in [-0.1, -0.05) is 5.16 Å². The van der Waals surface area contributed by atoms with Crippen molar-refractivity contribution >= 4 is 11.0 Å². The van der Waals surface area contributed by atoms with Crippen LogP contribution in [0.3, 0.4) is 0 Å². The molecular weight excluding hydrogens is 270 g/mol. The summed E-state index contributed by atoms with van der Waals surface area (Å²) in [4.78, 5) is 2.45. The maximum absolute atomic E-state index is 5.64. The number of fused-ring (bicyclic) bond motifs is 2. The van der Waals surface area contributed by atoms with Gasteiger partial charge in [0.15, 0.2) is 17.1 Å². The minimum atomic E-state index is 0.586.